The Morgan fingerprint density at radius 1 is 1.71 bits per heavy atom. The Balaban J connectivity index is 2.27. The third-order valence-corrected chi connectivity index (χ3v) is 3.75. The summed E-state index contributed by atoms with van der Waals surface area (Å²) in [5.74, 6) is 1.61. The maximum Gasteiger partial charge on any atom is 0.0695 e. The fraction of sp³-hybridized carbons (Fsp3) is 0.700. The molecule has 1 N–H and O–H groups in total. The first kappa shape index (κ1) is 10.2. The van der Waals surface area contributed by atoms with Crippen molar-refractivity contribution in [2.45, 2.75) is 19.4 Å². The van der Waals surface area contributed by atoms with Crippen LogP contribution >= 0.6 is 15.9 Å². The van der Waals surface area contributed by atoms with Gasteiger partial charge >= 0.3 is 0 Å². The Bertz CT molecular complexity index is 315. The van der Waals surface area contributed by atoms with Crippen LogP contribution in [-0.2, 0) is 7.05 Å². The molecule has 1 heterocycles. The molecule has 1 aliphatic rings. The van der Waals surface area contributed by atoms with Crippen LogP contribution in [0.25, 0.3) is 0 Å². The van der Waals surface area contributed by atoms with Crippen molar-refractivity contribution in [2.75, 3.05) is 7.05 Å². The lowest BCUT2D eigenvalue weighted by Crippen LogP contribution is -2.22. The van der Waals surface area contributed by atoms with Gasteiger partial charge in [0.2, 0.25) is 0 Å². The van der Waals surface area contributed by atoms with E-state index in [4.69, 9.17) is 0 Å². The molecule has 0 spiro atoms. The van der Waals surface area contributed by atoms with Gasteiger partial charge in [-0.2, -0.15) is 5.10 Å². The molecule has 0 radical (unpaired) electrons. The molecule has 2 rings (SSSR count). The molecule has 0 amide bonds. The number of aryl methyl sites for hydroxylation is 1. The third-order valence-electron chi connectivity index (χ3n) is 3.14. The second-order valence-electron chi connectivity index (χ2n) is 4.14. The summed E-state index contributed by atoms with van der Waals surface area (Å²) in [5, 5.41) is 7.64. The quantitative estimate of drug-likeness (QED) is 0.899. The van der Waals surface area contributed by atoms with E-state index in [0.29, 0.717) is 6.04 Å². The maximum absolute atomic E-state index is 4.25. The van der Waals surface area contributed by atoms with E-state index in [1.807, 2.05) is 25.0 Å². The lowest BCUT2D eigenvalue weighted by Gasteiger charge is -2.17. The van der Waals surface area contributed by atoms with E-state index in [2.05, 4.69) is 33.3 Å². The molecule has 3 unspecified atom stereocenters. The minimum Gasteiger partial charge on any atom is -0.311 e. The average molecular weight is 258 g/mol. The monoisotopic (exact) mass is 257 g/mol. The molecule has 1 aromatic rings. The van der Waals surface area contributed by atoms with Crippen LogP contribution < -0.4 is 5.32 Å². The molecule has 1 aromatic heterocycles. The normalized spacial score (nSPS) is 27.7. The number of halogens is 1. The van der Waals surface area contributed by atoms with Gasteiger partial charge in [-0.25, -0.2) is 0 Å². The van der Waals surface area contributed by atoms with Crippen molar-refractivity contribution in [2.24, 2.45) is 18.9 Å². The van der Waals surface area contributed by atoms with Gasteiger partial charge in [-0.1, -0.05) is 6.92 Å². The zero-order valence-electron chi connectivity index (χ0n) is 8.79. The number of rotatable bonds is 3. The highest BCUT2D eigenvalue weighted by atomic mass is 79.9. The summed E-state index contributed by atoms with van der Waals surface area (Å²) < 4.78 is 3.06. The first-order chi connectivity index (χ1) is 6.65. The van der Waals surface area contributed by atoms with Crippen LogP contribution in [0, 0.1) is 11.8 Å². The summed E-state index contributed by atoms with van der Waals surface area (Å²) in [7, 11) is 4.02. The zero-order valence-corrected chi connectivity index (χ0v) is 10.4. The predicted molar refractivity (Wildman–Crippen MR) is 60.0 cm³/mol. The van der Waals surface area contributed by atoms with Gasteiger partial charge in [0.05, 0.1) is 22.4 Å². The van der Waals surface area contributed by atoms with Crippen molar-refractivity contribution < 1.29 is 0 Å². The molecule has 0 saturated heterocycles. The van der Waals surface area contributed by atoms with Crippen LogP contribution in [0.15, 0.2) is 10.7 Å². The van der Waals surface area contributed by atoms with Crippen LogP contribution in [0.1, 0.15) is 25.1 Å². The van der Waals surface area contributed by atoms with E-state index in [0.717, 1.165) is 16.3 Å². The number of nitrogens with zero attached hydrogens (tertiary/aromatic N) is 2. The van der Waals surface area contributed by atoms with Crippen LogP contribution in [0.4, 0.5) is 0 Å². The summed E-state index contributed by atoms with van der Waals surface area (Å²) in [6, 6.07) is 0.437. The van der Waals surface area contributed by atoms with Crippen LogP contribution in [-0.4, -0.2) is 16.8 Å². The maximum atomic E-state index is 4.25. The molecule has 1 fully saturated rings. The van der Waals surface area contributed by atoms with E-state index in [9.17, 15) is 0 Å². The van der Waals surface area contributed by atoms with Crippen LogP contribution in [0.3, 0.4) is 0 Å². The van der Waals surface area contributed by atoms with Crippen molar-refractivity contribution in [3.63, 3.8) is 0 Å². The lowest BCUT2D eigenvalue weighted by atomic mass is 10.1. The number of nitrogens with one attached hydrogen (secondary N) is 1. The highest BCUT2D eigenvalue weighted by Crippen LogP contribution is 2.47. The lowest BCUT2D eigenvalue weighted by molar-refractivity contribution is 0.467. The number of hydrogen-bond donors (Lipinski definition) is 1. The van der Waals surface area contributed by atoms with Crippen molar-refractivity contribution >= 4 is 15.9 Å². The Morgan fingerprint density at radius 2 is 2.36 bits per heavy atom. The van der Waals surface area contributed by atoms with Gasteiger partial charge in [-0.05, 0) is 41.2 Å². The second kappa shape index (κ2) is 3.66. The Kier molecular flexibility index (Phi) is 2.66. The fourth-order valence-corrected chi connectivity index (χ4v) is 2.73. The van der Waals surface area contributed by atoms with E-state index in [1.54, 1.807) is 0 Å². The van der Waals surface area contributed by atoms with E-state index < -0.39 is 0 Å². The smallest absolute Gasteiger partial charge is 0.0695 e. The standard InChI is InChI=1S/C10H16BrN3/c1-6-4-7(6)9(12-2)10-8(11)5-13-14(10)3/h5-7,9,12H,4H2,1-3H3. The van der Waals surface area contributed by atoms with E-state index in [1.165, 1.54) is 12.1 Å². The highest BCUT2D eigenvalue weighted by molar-refractivity contribution is 9.10. The Labute approximate surface area is 93.0 Å². The number of hydrogen-bond acceptors (Lipinski definition) is 2. The molecule has 1 aliphatic carbocycles. The summed E-state index contributed by atoms with van der Waals surface area (Å²) in [6.45, 7) is 2.30. The molecule has 78 valence electrons. The molecule has 14 heavy (non-hydrogen) atoms. The minimum atomic E-state index is 0.437. The molecule has 0 aromatic carbocycles. The van der Waals surface area contributed by atoms with Gasteiger partial charge in [-0.15, -0.1) is 0 Å². The van der Waals surface area contributed by atoms with Crippen molar-refractivity contribution in [1.29, 1.82) is 0 Å². The zero-order chi connectivity index (χ0) is 10.3. The summed E-state index contributed by atoms with van der Waals surface area (Å²) in [5.41, 5.74) is 1.27. The SMILES string of the molecule is CNC(c1c(Br)cnn1C)C1CC1C. The van der Waals surface area contributed by atoms with Crippen LogP contribution in [0.5, 0.6) is 0 Å². The third kappa shape index (κ3) is 1.61. The van der Waals surface area contributed by atoms with Gasteiger partial charge in [0.15, 0.2) is 0 Å². The molecule has 0 bridgehead atoms. The molecule has 3 atom stereocenters. The average Bonchev–Trinajstić information content (AvgIpc) is 2.78. The number of aromatic nitrogens is 2. The highest BCUT2D eigenvalue weighted by Gasteiger charge is 2.41. The summed E-state index contributed by atoms with van der Waals surface area (Å²) in [4.78, 5) is 0. The Hall–Kier alpha value is -0.350. The van der Waals surface area contributed by atoms with E-state index in [-0.39, 0.29) is 0 Å². The van der Waals surface area contributed by atoms with Crippen molar-refractivity contribution in [3.8, 4) is 0 Å². The molecule has 0 aliphatic heterocycles. The fourth-order valence-electron chi connectivity index (χ4n) is 2.14. The van der Waals surface area contributed by atoms with Crippen LogP contribution in [0.2, 0.25) is 0 Å². The predicted octanol–water partition coefficient (Wildman–Crippen LogP) is 2.10. The van der Waals surface area contributed by atoms with Gasteiger partial charge in [-0.3, -0.25) is 4.68 Å². The molecule has 3 nitrogen and oxygen atoms in total. The molecular weight excluding hydrogens is 242 g/mol. The Morgan fingerprint density at radius 3 is 2.71 bits per heavy atom. The minimum absolute atomic E-state index is 0.437. The van der Waals surface area contributed by atoms with Gasteiger partial charge in [0.25, 0.3) is 0 Å². The summed E-state index contributed by atoms with van der Waals surface area (Å²) >= 11 is 3.55. The van der Waals surface area contributed by atoms with Crippen molar-refractivity contribution in [1.82, 2.24) is 15.1 Å². The second-order valence-corrected chi connectivity index (χ2v) is 5.00. The largest absolute Gasteiger partial charge is 0.311 e. The van der Waals surface area contributed by atoms with E-state index >= 15 is 0 Å². The molecular formula is C10H16BrN3. The topological polar surface area (TPSA) is 29.9 Å². The van der Waals surface area contributed by atoms with Crippen molar-refractivity contribution in [3.05, 3.63) is 16.4 Å². The van der Waals surface area contributed by atoms with Gasteiger partial charge < -0.3 is 5.32 Å². The van der Waals surface area contributed by atoms with Gasteiger partial charge in [0, 0.05) is 7.05 Å². The molecule has 4 heteroatoms. The van der Waals surface area contributed by atoms with Gasteiger partial charge in [0.1, 0.15) is 0 Å². The first-order valence-corrected chi connectivity index (χ1v) is 5.79. The summed E-state index contributed by atoms with van der Waals surface area (Å²) in [6.07, 6.45) is 3.19. The first-order valence-electron chi connectivity index (χ1n) is 4.99. The molecule has 1 saturated carbocycles.